The van der Waals surface area contributed by atoms with Crippen LogP contribution in [0.3, 0.4) is 0 Å². The van der Waals surface area contributed by atoms with Crippen LogP contribution in [0.2, 0.25) is 0 Å². The number of halogens is 2. The van der Waals surface area contributed by atoms with E-state index in [-0.39, 0.29) is 12.4 Å². The number of nitrogens with zero attached hydrogens (tertiary/aromatic N) is 1. The number of hydrogen-bond donors (Lipinski definition) is 0. The van der Waals surface area contributed by atoms with Crippen molar-refractivity contribution in [3.63, 3.8) is 0 Å². The van der Waals surface area contributed by atoms with Crippen molar-refractivity contribution < 1.29 is 16.9 Å². The maximum atomic E-state index is 3.78. The molecular formula is C15H33BrClN. The number of rotatable bonds is 12. The summed E-state index contributed by atoms with van der Waals surface area (Å²) in [6.07, 6.45) is 11.0. The van der Waals surface area contributed by atoms with Crippen molar-refractivity contribution in [3.05, 3.63) is 0 Å². The van der Waals surface area contributed by atoms with Gasteiger partial charge in [0.25, 0.3) is 0 Å². The van der Waals surface area contributed by atoms with E-state index in [1.807, 2.05) is 0 Å². The maximum absolute atomic E-state index is 3.78. The third-order valence-electron chi connectivity index (χ3n) is 3.71. The van der Waals surface area contributed by atoms with Crippen LogP contribution in [0.15, 0.2) is 0 Å². The lowest BCUT2D eigenvalue weighted by molar-refractivity contribution is -0.915. The molecule has 0 aliphatic carbocycles. The van der Waals surface area contributed by atoms with E-state index >= 15 is 0 Å². The topological polar surface area (TPSA) is 0 Å². The summed E-state index contributed by atoms with van der Waals surface area (Å²) in [6.45, 7) is 11.0. The van der Waals surface area contributed by atoms with Crippen LogP contribution in [-0.4, -0.2) is 29.6 Å². The van der Waals surface area contributed by atoms with Crippen LogP contribution in [-0.2, 0) is 0 Å². The molecule has 0 unspecified atom stereocenters. The lowest BCUT2D eigenvalue weighted by Crippen LogP contribution is -3.00. The van der Waals surface area contributed by atoms with Crippen molar-refractivity contribution in [3.8, 4) is 0 Å². The molecule has 112 valence electrons. The van der Waals surface area contributed by atoms with Crippen LogP contribution in [0.5, 0.6) is 0 Å². The minimum absolute atomic E-state index is 0. The molecule has 0 aromatic heterocycles. The zero-order chi connectivity index (χ0) is 13.0. The van der Waals surface area contributed by atoms with E-state index < -0.39 is 0 Å². The van der Waals surface area contributed by atoms with E-state index in [0.717, 1.165) is 5.45 Å². The molecule has 0 aromatic carbocycles. The number of hydrogen-bond acceptors (Lipinski definition) is 0. The standard InChI is InChI=1S/C15H33BrN.ClH/c1-4-7-10-13-17(15-16,12-9-6-3)14-11-8-5-2;/h4-15H2,1-3H3;1H/q+1;/p-1. The number of quaternary nitrogens is 1. The highest BCUT2D eigenvalue weighted by atomic mass is 79.9. The van der Waals surface area contributed by atoms with Gasteiger partial charge in [0.15, 0.2) is 0 Å². The molecule has 0 N–H and O–H groups in total. The van der Waals surface area contributed by atoms with Crippen molar-refractivity contribution in [2.75, 3.05) is 25.1 Å². The molecule has 0 heterocycles. The largest absolute Gasteiger partial charge is 1.00 e. The van der Waals surface area contributed by atoms with Crippen LogP contribution in [0.1, 0.15) is 72.1 Å². The fraction of sp³-hybridized carbons (Fsp3) is 1.00. The van der Waals surface area contributed by atoms with Crippen molar-refractivity contribution in [1.82, 2.24) is 0 Å². The van der Waals surface area contributed by atoms with Gasteiger partial charge in [-0.3, -0.25) is 0 Å². The summed E-state index contributed by atoms with van der Waals surface area (Å²) in [5.74, 6) is 0. The first kappa shape index (κ1) is 21.0. The van der Waals surface area contributed by atoms with E-state index in [4.69, 9.17) is 0 Å². The molecule has 0 bridgehead atoms. The van der Waals surface area contributed by atoms with E-state index in [0.29, 0.717) is 0 Å². The Morgan fingerprint density at radius 2 is 1.06 bits per heavy atom. The quantitative estimate of drug-likeness (QED) is 0.221. The van der Waals surface area contributed by atoms with Gasteiger partial charge in [0.2, 0.25) is 0 Å². The van der Waals surface area contributed by atoms with Crippen molar-refractivity contribution >= 4 is 15.9 Å². The molecule has 0 amide bonds. The molecule has 0 aromatic rings. The molecule has 0 radical (unpaired) electrons. The van der Waals surface area contributed by atoms with Crippen molar-refractivity contribution in [2.45, 2.75) is 72.1 Å². The molecule has 1 nitrogen and oxygen atoms in total. The highest BCUT2D eigenvalue weighted by molar-refractivity contribution is 9.09. The number of alkyl halides is 1. The van der Waals surface area contributed by atoms with Gasteiger partial charge in [-0.15, -0.1) is 0 Å². The summed E-state index contributed by atoms with van der Waals surface area (Å²) in [5.41, 5.74) is 1.15. The Morgan fingerprint density at radius 3 is 1.39 bits per heavy atom. The van der Waals surface area contributed by atoms with Gasteiger partial charge in [-0.1, -0.05) is 40.0 Å². The van der Waals surface area contributed by atoms with Gasteiger partial charge in [0, 0.05) is 0 Å². The lowest BCUT2D eigenvalue weighted by atomic mass is 10.1. The predicted octanol–water partition coefficient (Wildman–Crippen LogP) is 2.34. The molecule has 0 atom stereocenters. The summed E-state index contributed by atoms with van der Waals surface area (Å²) in [5, 5.41) is 0. The summed E-state index contributed by atoms with van der Waals surface area (Å²) in [7, 11) is 0. The zero-order valence-electron chi connectivity index (χ0n) is 12.7. The Kier molecular flexibility index (Phi) is 16.5. The third-order valence-corrected chi connectivity index (χ3v) is 4.78. The second-order valence-electron chi connectivity index (χ2n) is 5.40. The Hall–Kier alpha value is 0.730. The number of unbranched alkanes of at least 4 members (excludes halogenated alkanes) is 5. The summed E-state index contributed by atoms with van der Waals surface area (Å²) >= 11 is 3.78. The van der Waals surface area contributed by atoms with Crippen LogP contribution >= 0.6 is 15.9 Å². The summed E-state index contributed by atoms with van der Waals surface area (Å²) in [4.78, 5) is 0. The van der Waals surface area contributed by atoms with Gasteiger partial charge >= 0.3 is 0 Å². The van der Waals surface area contributed by atoms with Crippen LogP contribution in [0.4, 0.5) is 0 Å². The minimum Gasteiger partial charge on any atom is -1.00 e. The minimum atomic E-state index is 0. The van der Waals surface area contributed by atoms with E-state index in [1.165, 1.54) is 75.5 Å². The zero-order valence-corrected chi connectivity index (χ0v) is 15.0. The molecule has 0 spiro atoms. The van der Waals surface area contributed by atoms with E-state index in [2.05, 4.69) is 36.7 Å². The Balaban J connectivity index is 0. The fourth-order valence-corrected chi connectivity index (χ4v) is 3.15. The highest BCUT2D eigenvalue weighted by Crippen LogP contribution is 2.17. The second-order valence-corrected chi connectivity index (χ2v) is 5.90. The summed E-state index contributed by atoms with van der Waals surface area (Å²) < 4.78 is 1.31. The van der Waals surface area contributed by atoms with Gasteiger partial charge in [0.05, 0.1) is 19.6 Å². The van der Waals surface area contributed by atoms with E-state index in [9.17, 15) is 0 Å². The van der Waals surface area contributed by atoms with Crippen LogP contribution < -0.4 is 12.4 Å². The molecule has 0 aliphatic rings. The van der Waals surface area contributed by atoms with Gasteiger partial charge in [-0.25, -0.2) is 0 Å². The second kappa shape index (κ2) is 14.1. The van der Waals surface area contributed by atoms with Crippen molar-refractivity contribution in [1.29, 1.82) is 0 Å². The van der Waals surface area contributed by atoms with Crippen molar-refractivity contribution in [2.24, 2.45) is 0 Å². The molecule has 0 aliphatic heterocycles. The lowest BCUT2D eigenvalue weighted by Gasteiger charge is -2.37. The van der Waals surface area contributed by atoms with Crippen LogP contribution in [0.25, 0.3) is 0 Å². The first-order valence-corrected chi connectivity index (χ1v) is 8.77. The monoisotopic (exact) mass is 341 g/mol. The predicted molar refractivity (Wildman–Crippen MR) is 82.6 cm³/mol. The first-order chi connectivity index (χ1) is 8.24. The van der Waals surface area contributed by atoms with Gasteiger partial charge < -0.3 is 16.9 Å². The van der Waals surface area contributed by atoms with Gasteiger partial charge in [-0.2, -0.15) is 0 Å². The van der Waals surface area contributed by atoms with Crippen LogP contribution in [0, 0.1) is 0 Å². The molecule has 18 heavy (non-hydrogen) atoms. The highest BCUT2D eigenvalue weighted by Gasteiger charge is 2.24. The van der Waals surface area contributed by atoms with Gasteiger partial charge in [-0.05, 0) is 48.0 Å². The van der Waals surface area contributed by atoms with E-state index in [1.54, 1.807) is 0 Å². The Labute approximate surface area is 130 Å². The molecular weight excluding hydrogens is 310 g/mol. The summed E-state index contributed by atoms with van der Waals surface area (Å²) in [6, 6.07) is 0. The average molecular weight is 343 g/mol. The molecule has 0 saturated carbocycles. The van der Waals surface area contributed by atoms with Gasteiger partial charge in [0.1, 0.15) is 5.45 Å². The Bertz CT molecular complexity index is 155. The average Bonchev–Trinajstić information content (AvgIpc) is 2.36. The maximum Gasteiger partial charge on any atom is 0.134 e. The molecule has 3 heteroatoms. The molecule has 0 rings (SSSR count). The Morgan fingerprint density at radius 1 is 0.667 bits per heavy atom. The molecule has 0 saturated heterocycles. The normalized spacial score (nSPS) is 11.3. The smallest absolute Gasteiger partial charge is 0.134 e. The first-order valence-electron chi connectivity index (χ1n) is 7.65. The molecule has 0 fully saturated rings. The fourth-order valence-electron chi connectivity index (χ4n) is 2.40. The SMILES string of the molecule is CCCCC[N+](CBr)(CCCC)CCCCC.[Cl-]. The third kappa shape index (κ3) is 9.63.